The van der Waals surface area contributed by atoms with Crippen LogP contribution in [0, 0.1) is 0 Å². The molecule has 1 aliphatic rings. The third kappa shape index (κ3) is 2.15. The second-order valence-electron chi connectivity index (χ2n) is 4.23. The van der Waals surface area contributed by atoms with Gasteiger partial charge in [-0.1, -0.05) is 48.5 Å². The van der Waals surface area contributed by atoms with Gasteiger partial charge in [-0.05, 0) is 24.3 Å². The molecular weight excluding hydrogens is 258 g/mol. The highest BCUT2D eigenvalue weighted by atomic mass is 35.5. The summed E-state index contributed by atoms with van der Waals surface area (Å²) in [7, 11) is 0. The van der Waals surface area contributed by atoms with E-state index in [1.807, 2.05) is 48.5 Å². The molecule has 3 rings (SSSR count). The maximum Gasteiger partial charge on any atom is 0.223 e. The molecule has 0 aromatic heterocycles. The minimum atomic E-state index is -0.194. The number of aliphatic imine (C=N–C) groups is 1. The molecule has 2 nitrogen and oxygen atoms in total. The molecule has 1 heterocycles. The first kappa shape index (κ1) is 12.0. The topological polar surface area (TPSA) is 21.6 Å². The Morgan fingerprint density at radius 3 is 2.63 bits per heavy atom. The van der Waals surface area contributed by atoms with Crippen molar-refractivity contribution in [3.05, 3.63) is 77.3 Å². The fraction of sp³-hybridized carbons (Fsp3) is 0.0625. The highest BCUT2D eigenvalue weighted by molar-refractivity contribution is 6.33. The first-order valence-corrected chi connectivity index (χ1v) is 6.39. The van der Waals surface area contributed by atoms with E-state index in [0.717, 1.165) is 16.8 Å². The molecule has 0 saturated carbocycles. The van der Waals surface area contributed by atoms with Crippen LogP contribution in [0.3, 0.4) is 0 Å². The van der Waals surface area contributed by atoms with E-state index in [0.29, 0.717) is 10.9 Å². The van der Waals surface area contributed by atoms with E-state index < -0.39 is 0 Å². The molecule has 1 aliphatic heterocycles. The van der Waals surface area contributed by atoms with Gasteiger partial charge in [0.05, 0.1) is 16.3 Å². The molecular formula is C16H12ClNO. The molecule has 0 bridgehead atoms. The van der Waals surface area contributed by atoms with Crippen LogP contribution in [0.4, 0.5) is 5.69 Å². The lowest BCUT2D eigenvalue weighted by molar-refractivity contribution is 0.238. The summed E-state index contributed by atoms with van der Waals surface area (Å²) in [5.41, 5.74) is 2.72. The van der Waals surface area contributed by atoms with Crippen molar-refractivity contribution in [2.45, 2.75) is 6.10 Å². The van der Waals surface area contributed by atoms with E-state index in [1.165, 1.54) is 0 Å². The summed E-state index contributed by atoms with van der Waals surface area (Å²) >= 11 is 6.19. The van der Waals surface area contributed by atoms with Crippen LogP contribution < -0.4 is 0 Å². The number of hydrogen-bond donors (Lipinski definition) is 0. The number of rotatable bonds is 2. The third-order valence-electron chi connectivity index (χ3n) is 3.02. The minimum Gasteiger partial charge on any atom is -0.465 e. The number of hydrogen-bond acceptors (Lipinski definition) is 2. The summed E-state index contributed by atoms with van der Waals surface area (Å²) in [6.45, 7) is 3.82. The first-order chi connectivity index (χ1) is 9.29. The summed E-state index contributed by atoms with van der Waals surface area (Å²) in [6.07, 6.45) is 1.57. The molecule has 1 atom stereocenters. The smallest absolute Gasteiger partial charge is 0.223 e. The fourth-order valence-corrected chi connectivity index (χ4v) is 2.30. The van der Waals surface area contributed by atoms with Crippen LogP contribution in [-0.2, 0) is 4.74 Å². The van der Waals surface area contributed by atoms with Gasteiger partial charge in [0.1, 0.15) is 6.10 Å². The van der Waals surface area contributed by atoms with Gasteiger partial charge in [0, 0.05) is 5.56 Å². The number of ether oxygens (including phenoxy) is 1. The molecule has 0 radical (unpaired) electrons. The van der Waals surface area contributed by atoms with Crippen molar-refractivity contribution in [3.8, 4) is 0 Å². The highest BCUT2D eigenvalue weighted by Gasteiger charge is 2.22. The van der Waals surface area contributed by atoms with Crippen LogP contribution in [0.2, 0.25) is 5.02 Å². The molecule has 94 valence electrons. The van der Waals surface area contributed by atoms with E-state index in [1.54, 1.807) is 6.08 Å². The SMILES string of the molecule is C=C[C@H]1OC(c2ccccc2Cl)=Nc2ccccc21. The lowest BCUT2D eigenvalue weighted by Gasteiger charge is -2.24. The average molecular weight is 270 g/mol. The summed E-state index contributed by atoms with van der Waals surface area (Å²) < 4.78 is 5.88. The molecule has 3 heteroatoms. The van der Waals surface area contributed by atoms with Crippen molar-refractivity contribution < 1.29 is 4.74 Å². The van der Waals surface area contributed by atoms with E-state index >= 15 is 0 Å². The van der Waals surface area contributed by atoms with Crippen LogP contribution in [0.1, 0.15) is 17.2 Å². The Balaban J connectivity index is 2.13. The molecule has 0 spiro atoms. The van der Waals surface area contributed by atoms with Gasteiger partial charge in [0.25, 0.3) is 0 Å². The number of benzene rings is 2. The number of nitrogens with zero attached hydrogens (tertiary/aromatic N) is 1. The normalized spacial score (nSPS) is 17.1. The van der Waals surface area contributed by atoms with Crippen LogP contribution in [0.25, 0.3) is 0 Å². The maximum atomic E-state index is 6.19. The monoisotopic (exact) mass is 269 g/mol. The molecule has 0 unspecified atom stereocenters. The predicted molar refractivity (Wildman–Crippen MR) is 78.1 cm³/mol. The Morgan fingerprint density at radius 2 is 1.84 bits per heavy atom. The Kier molecular flexibility index (Phi) is 3.10. The Hall–Kier alpha value is -2.06. The number of halogens is 1. The fourth-order valence-electron chi connectivity index (χ4n) is 2.08. The largest absolute Gasteiger partial charge is 0.465 e. The number of para-hydroxylation sites is 1. The zero-order valence-electron chi connectivity index (χ0n) is 10.2. The maximum absolute atomic E-state index is 6.19. The number of fused-ring (bicyclic) bond motifs is 1. The zero-order valence-corrected chi connectivity index (χ0v) is 11.0. The van der Waals surface area contributed by atoms with Crippen LogP contribution in [0.5, 0.6) is 0 Å². The van der Waals surface area contributed by atoms with Crippen molar-refractivity contribution in [3.63, 3.8) is 0 Å². The quantitative estimate of drug-likeness (QED) is 0.726. The van der Waals surface area contributed by atoms with E-state index in [-0.39, 0.29) is 6.10 Å². The molecule has 0 saturated heterocycles. The Labute approximate surface area is 117 Å². The van der Waals surface area contributed by atoms with Gasteiger partial charge in [-0.15, -0.1) is 0 Å². The van der Waals surface area contributed by atoms with Crippen molar-refractivity contribution in [2.75, 3.05) is 0 Å². The van der Waals surface area contributed by atoms with Crippen LogP contribution in [-0.4, -0.2) is 5.90 Å². The lowest BCUT2D eigenvalue weighted by Crippen LogP contribution is -2.15. The van der Waals surface area contributed by atoms with Crippen LogP contribution >= 0.6 is 11.6 Å². The summed E-state index contributed by atoms with van der Waals surface area (Å²) in [5, 5.41) is 0.628. The summed E-state index contributed by atoms with van der Waals surface area (Å²) in [4.78, 5) is 4.54. The first-order valence-electron chi connectivity index (χ1n) is 6.01. The van der Waals surface area contributed by atoms with Gasteiger partial charge in [-0.2, -0.15) is 0 Å². The highest BCUT2D eigenvalue weighted by Crippen LogP contribution is 2.35. The average Bonchev–Trinajstić information content (AvgIpc) is 2.46. The molecule has 2 aromatic carbocycles. The van der Waals surface area contributed by atoms with Crippen molar-refractivity contribution in [1.29, 1.82) is 0 Å². The van der Waals surface area contributed by atoms with Crippen molar-refractivity contribution in [1.82, 2.24) is 0 Å². The molecule has 0 amide bonds. The van der Waals surface area contributed by atoms with Gasteiger partial charge in [-0.3, -0.25) is 0 Å². The van der Waals surface area contributed by atoms with Crippen molar-refractivity contribution >= 4 is 23.2 Å². The van der Waals surface area contributed by atoms with Crippen LogP contribution in [0.15, 0.2) is 66.2 Å². The molecule has 0 fully saturated rings. The zero-order chi connectivity index (χ0) is 13.2. The summed E-state index contributed by atoms with van der Waals surface area (Å²) in [6, 6.07) is 15.4. The lowest BCUT2D eigenvalue weighted by atomic mass is 10.1. The van der Waals surface area contributed by atoms with Gasteiger partial charge < -0.3 is 4.74 Å². The van der Waals surface area contributed by atoms with Gasteiger partial charge in [0.2, 0.25) is 5.90 Å². The van der Waals surface area contributed by atoms with E-state index in [2.05, 4.69) is 11.6 Å². The predicted octanol–water partition coefficient (Wildman–Crippen LogP) is 4.68. The van der Waals surface area contributed by atoms with Gasteiger partial charge in [-0.25, -0.2) is 4.99 Å². The van der Waals surface area contributed by atoms with E-state index in [4.69, 9.17) is 16.3 Å². The second kappa shape index (κ2) is 4.90. The molecule has 0 N–H and O–H groups in total. The summed E-state index contributed by atoms with van der Waals surface area (Å²) in [5.74, 6) is 0.536. The Morgan fingerprint density at radius 1 is 1.11 bits per heavy atom. The Bertz CT molecular complexity index is 663. The van der Waals surface area contributed by atoms with Gasteiger partial charge >= 0.3 is 0 Å². The molecule has 0 aliphatic carbocycles. The molecule has 19 heavy (non-hydrogen) atoms. The minimum absolute atomic E-state index is 0.194. The standard InChI is InChI=1S/C16H12ClNO/c1-2-15-12-8-4-6-10-14(12)18-16(19-15)11-7-3-5-9-13(11)17/h2-10,15H,1H2/t15-/m1/s1. The second-order valence-corrected chi connectivity index (χ2v) is 4.64. The third-order valence-corrected chi connectivity index (χ3v) is 3.35. The molecule has 2 aromatic rings. The van der Waals surface area contributed by atoms with Crippen molar-refractivity contribution in [2.24, 2.45) is 4.99 Å². The van der Waals surface area contributed by atoms with Gasteiger partial charge in [0.15, 0.2) is 0 Å². The van der Waals surface area contributed by atoms with E-state index in [9.17, 15) is 0 Å².